The lowest BCUT2D eigenvalue weighted by Crippen LogP contribution is -2.38. The first-order chi connectivity index (χ1) is 7.58. The van der Waals surface area contributed by atoms with Crippen LogP contribution in [0, 0.1) is 0 Å². The molecule has 1 amide bonds. The van der Waals surface area contributed by atoms with E-state index in [1.165, 1.54) is 0 Å². The van der Waals surface area contributed by atoms with E-state index in [1.807, 2.05) is 20.4 Å². The van der Waals surface area contributed by atoms with Gasteiger partial charge in [0.2, 0.25) is 5.91 Å². The van der Waals surface area contributed by atoms with Gasteiger partial charge in [0.05, 0.1) is 0 Å². The Hall–Kier alpha value is -0.883. The van der Waals surface area contributed by atoms with Gasteiger partial charge >= 0.3 is 8.56 Å². The van der Waals surface area contributed by atoms with Crippen molar-refractivity contribution in [2.75, 3.05) is 13.2 Å². The fourth-order valence-electron chi connectivity index (χ4n) is 1.46. The second kappa shape index (κ2) is 8.29. The largest absolute Gasteiger partial charge is 0.395 e. The molecule has 0 atom stereocenters. The lowest BCUT2D eigenvalue weighted by molar-refractivity contribution is -0.118. The van der Waals surface area contributed by atoms with Crippen molar-refractivity contribution in [3.05, 3.63) is 10.4 Å². The molecule has 0 N–H and O–H groups in total. The van der Waals surface area contributed by atoms with Gasteiger partial charge in [-0.05, 0) is 43.5 Å². The second-order valence-electron chi connectivity index (χ2n) is 3.44. The first-order valence-corrected chi connectivity index (χ1v) is 7.96. The highest BCUT2D eigenvalue weighted by atomic mass is 28.4. The van der Waals surface area contributed by atoms with Crippen LogP contribution in [0.4, 0.5) is 0 Å². The lowest BCUT2D eigenvalue weighted by atomic mass is 10.3. The smallest absolute Gasteiger partial charge is 0.334 e. The predicted octanol–water partition coefficient (Wildman–Crippen LogP) is 2.75. The average molecular weight is 245 g/mol. The van der Waals surface area contributed by atoms with Crippen LogP contribution in [-0.4, -0.2) is 27.7 Å². The van der Waals surface area contributed by atoms with E-state index in [0.717, 1.165) is 6.04 Å². The predicted molar refractivity (Wildman–Crippen MR) is 63.1 cm³/mol. The summed E-state index contributed by atoms with van der Waals surface area (Å²) in [4.78, 5) is 13.4. The van der Waals surface area contributed by atoms with Gasteiger partial charge in [-0.15, -0.1) is 0 Å². The molecule has 6 nitrogen and oxygen atoms in total. The zero-order chi connectivity index (χ0) is 12.4. The van der Waals surface area contributed by atoms with E-state index in [0.29, 0.717) is 19.6 Å². The molecule has 0 saturated carbocycles. The van der Waals surface area contributed by atoms with E-state index in [1.54, 1.807) is 0 Å². The third kappa shape index (κ3) is 6.57. The Morgan fingerprint density at radius 2 is 1.94 bits per heavy atom. The number of carbonyl (C=O) groups is 1. The highest BCUT2D eigenvalue weighted by Crippen LogP contribution is 2.17. The van der Waals surface area contributed by atoms with Crippen molar-refractivity contribution in [2.45, 2.75) is 39.3 Å². The maximum atomic E-state index is 11.0. The number of amides is 1. The van der Waals surface area contributed by atoms with E-state index >= 15 is 0 Å². The topological polar surface area (TPSA) is 84.3 Å². The third-order valence-electron chi connectivity index (χ3n) is 2.08. The Morgan fingerprint density at radius 1 is 1.38 bits per heavy atom. The molecule has 0 aromatic carbocycles. The van der Waals surface area contributed by atoms with Gasteiger partial charge in [0.15, 0.2) is 0 Å². The van der Waals surface area contributed by atoms with Crippen LogP contribution in [0.1, 0.15) is 26.7 Å². The van der Waals surface area contributed by atoms with Gasteiger partial charge < -0.3 is 8.85 Å². The summed E-state index contributed by atoms with van der Waals surface area (Å²) in [5.74, 6) is -0.424. The van der Waals surface area contributed by atoms with Crippen LogP contribution in [0.5, 0.6) is 0 Å². The Bertz CT molecular complexity index is 261. The summed E-state index contributed by atoms with van der Waals surface area (Å²) >= 11 is 0. The average Bonchev–Trinajstić information content (AvgIpc) is 2.18. The quantitative estimate of drug-likeness (QED) is 0.285. The lowest BCUT2D eigenvalue weighted by Gasteiger charge is -2.25. The molecule has 0 aromatic heterocycles. The molecule has 0 rings (SSSR count). The fourth-order valence-corrected chi connectivity index (χ4v) is 3.87. The van der Waals surface area contributed by atoms with Crippen LogP contribution < -0.4 is 0 Å². The van der Waals surface area contributed by atoms with Crippen molar-refractivity contribution in [3.63, 3.8) is 0 Å². The Labute approximate surface area is 96.8 Å². The third-order valence-corrected chi connectivity index (χ3v) is 5.14. The van der Waals surface area contributed by atoms with Gasteiger partial charge in [-0.1, -0.05) is 0 Å². The maximum Gasteiger partial charge on any atom is 0.334 e. The second-order valence-corrected chi connectivity index (χ2v) is 6.78. The van der Waals surface area contributed by atoms with Crippen LogP contribution in [-0.2, 0) is 13.6 Å². The van der Waals surface area contributed by atoms with E-state index < -0.39 is 14.5 Å². The highest BCUT2D eigenvalue weighted by Gasteiger charge is 2.30. The van der Waals surface area contributed by atoms with Crippen molar-refractivity contribution >= 4 is 14.5 Å². The van der Waals surface area contributed by atoms with Crippen molar-refractivity contribution in [1.82, 2.24) is 0 Å². The van der Waals surface area contributed by atoms with E-state index in [4.69, 9.17) is 14.4 Å². The summed E-state index contributed by atoms with van der Waals surface area (Å²) in [7, 11) is -2.13. The van der Waals surface area contributed by atoms with Crippen molar-refractivity contribution in [2.24, 2.45) is 5.11 Å². The van der Waals surface area contributed by atoms with E-state index in [2.05, 4.69) is 10.0 Å². The molecule has 92 valence electrons. The Balaban J connectivity index is 4.01. The molecule has 0 saturated heterocycles. The molecule has 0 heterocycles. The summed E-state index contributed by atoms with van der Waals surface area (Å²) < 4.78 is 11.2. The Kier molecular flexibility index (Phi) is 7.83. The first-order valence-electron chi connectivity index (χ1n) is 5.43. The van der Waals surface area contributed by atoms with E-state index in [-0.39, 0.29) is 6.42 Å². The molecule has 0 bridgehead atoms. The van der Waals surface area contributed by atoms with Crippen LogP contribution >= 0.6 is 0 Å². The Morgan fingerprint density at radius 3 is 2.38 bits per heavy atom. The molecule has 0 radical (unpaired) electrons. The van der Waals surface area contributed by atoms with Gasteiger partial charge in [0, 0.05) is 24.5 Å². The zero-order valence-corrected chi connectivity index (χ0v) is 11.1. The van der Waals surface area contributed by atoms with Gasteiger partial charge in [-0.25, -0.2) is 0 Å². The van der Waals surface area contributed by atoms with Crippen LogP contribution in [0.2, 0.25) is 12.6 Å². The summed E-state index contributed by atoms with van der Waals surface area (Å²) in [6.07, 6.45) is 0.896. The van der Waals surface area contributed by atoms with Crippen LogP contribution in [0.3, 0.4) is 0 Å². The molecule has 0 aromatic rings. The molecule has 0 aliphatic heterocycles. The van der Waals surface area contributed by atoms with Gasteiger partial charge in [0.25, 0.3) is 0 Å². The molecule has 0 aliphatic carbocycles. The SMILES string of the molecule is CCO[Si](C)(CCCC(=O)N=[N+]=[N-])OCC. The van der Waals surface area contributed by atoms with Crippen molar-refractivity contribution in [1.29, 1.82) is 0 Å². The standard InChI is InChI=1S/C9H19N3O3Si/c1-4-14-16(3,15-5-2)8-6-7-9(13)11-12-10/h4-8H2,1-3H3. The molecule has 16 heavy (non-hydrogen) atoms. The first kappa shape index (κ1) is 15.1. The number of carbonyl (C=O) groups excluding carboxylic acids is 1. The normalized spacial score (nSPS) is 10.9. The van der Waals surface area contributed by atoms with Gasteiger partial charge in [-0.3, -0.25) is 4.79 Å². The van der Waals surface area contributed by atoms with Crippen LogP contribution in [0.15, 0.2) is 5.11 Å². The van der Waals surface area contributed by atoms with Crippen molar-refractivity contribution < 1.29 is 13.6 Å². The van der Waals surface area contributed by atoms with Gasteiger partial charge in [0.1, 0.15) is 0 Å². The number of nitrogens with zero attached hydrogens (tertiary/aromatic N) is 3. The molecule has 0 fully saturated rings. The summed E-state index contributed by atoms with van der Waals surface area (Å²) in [5.41, 5.74) is 8.06. The molecule has 0 aliphatic rings. The number of azide groups is 1. The number of rotatable bonds is 8. The molecule has 0 spiro atoms. The summed E-state index contributed by atoms with van der Waals surface area (Å²) in [5, 5.41) is 3.01. The summed E-state index contributed by atoms with van der Waals surface area (Å²) in [6.45, 7) is 7.07. The zero-order valence-electron chi connectivity index (χ0n) is 10.1. The molecule has 7 heteroatoms. The molecular weight excluding hydrogens is 226 g/mol. The highest BCUT2D eigenvalue weighted by molar-refractivity contribution is 6.66. The van der Waals surface area contributed by atoms with E-state index in [9.17, 15) is 4.79 Å². The monoisotopic (exact) mass is 245 g/mol. The minimum Gasteiger partial charge on any atom is -0.395 e. The van der Waals surface area contributed by atoms with Crippen molar-refractivity contribution in [3.8, 4) is 0 Å². The number of hydrogen-bond acceptors (Lipinski definition) is 3. The van der Waals surface area contributed by atoms with Crippen LogP contribution in [0.25, 0.3) is 10.4 Å². The summed E-state index contributed by atoms with van der Waals surface area (Å²) in [6, 6.07) is 0.737. The minimum atomic E-state index is -2.13. The molecular formula is C9H19N3O3Si. The van der Waals surface area contributed by atoms with Gasteiger partial charge in [-0.2, -0.15) is 0 Å². The molecule has 0 unspecified atom stereocenters. The minimum absolute atomic E-state index is 0.257. The fraction of sp³-hybridized carbons (Fsp3) is 0.889. The number of hydrogen-bond donors (Lipinski definition) is 0. The maximum absolute atomic E-state index is 11.0.